The molecule has 140 valence electrons. The maximum atomic E-state index is 12.7. The Hall–Kier alpha value is -2.70. The molecule has 0 radical (unpaired) electrons. The summed E-state index contributed by atoms with van der Waals surface area (Å²) in [6.07, 6.45) is 4.02. The molecule has 2 aliphatic heterocycles. The smallest absolute Gasteiger partial charge is 0.275 e. The highest BCUT2D eigenvalue weighted by atomic mass is 16.5. The molecule has 0 aromatic heterocycles. The summed E-state index contributed by atoms with van der Waals surface area (Å²) in [6, 6.07) is 8.09. The molecule has 0 spiro atoms. The average Bonchev–Trinajstić information content (AvgIpc) is 3.27. The van der Waals surface area contributed by atoms with Crippen LogP contribution in [0, 0.1) is 0 Å². The Morgan fingerprint density at radius 3 is 2.81 bits per heavy atom. The summed E-state index contributed by atoms with van der Waals surface area (Å²) < 4.78 is 0. The maximum Gasteiger partial charge on any atom is 0.275 e. The van der Waals surface area contributed by atoms with Gasteiger partial charge in [0.05, 0.1) is 0 Å². The summed E-state index contributed by atoms with van der Waals surface area (Å²) in [5, 5.41) is 8.86. The van der Waals surface area contributed by atoms with Crippen LogP contribution in [0.3, 0.4) is 0 Å². The molecule has 1 aliphatic carbocycles. The Bertz CT molecular complexity index is 884. The molecular weight excluding hydrogens is 342 g/mol. The van der Waals surface area contributed by atoms with Crippen molar-refractivity contribution in [2.75, 3.05) is 31.1 Å². The monoisotopic (exact) mass is 365 g/mol. The van der Waals surface area contributed by atoms with Gasteiger partial charge in [0.2, 0.25) is 5.91 Å². The first kappa shape index (κ1) is 17.7. The van der Waals surface area contributed by atoms with Crippen LogP contribution in [-0.2, 0) is 16.0 Å². The average molecular weight is 365 g/mol. The number of allylic oxidation sites excluding steroid dienone is 1. The molecule has 6 heteroatoms. The van der Waals surface area contributed by atoms with E-state index in [2.05, 4.69) is 17.5 Å². The number of benzene rings is 1. The van der Waals surface area contributed by atoms with E-state index in [1.807, 2.05) is 29.2 Å². The molecular formula is C21H23N3O3. The summed E-state index contributed by atoms with van der Waals surface area (Å²) >= 11 is 0. The van der Waals surface area contributed by atoms with Crippen molar-refractivity contribution in [1.29, 1.82) is 0 Å². The lowest BCUT2D eigenvalue weighted by Gasteiger charge is -2.29. The molecule has 2 N–H and O–H groups in total. The molecule has 6 nitrogen and oxygen atoms in total. The van der Waals surface area contributed by atoms with Crippen molar-refractivity contribution in [2.24, 2.45) is 0 Å². The van der Waals surface area contributed by atoms with Gasteiger partial charge in [0.15, 0.2) is 0 Å². The number of para-hydroxylation sites is 1. The number of hydrogen-bond donors (Lipinski definition) is 2. The van der Waals surface area contributed by atoms with Crippen LogP contribution in [0.25, 0.3) is 0 Å². The van der Waals surface area contributed by atoms with Gasteiger partial charge >= 0.3 is 0 Å². The number of carbonyl (C=O) groups is 2. The zero-order valence-corrected chi connectivity index (χ0v) is 15.2. The number of fused-ring (bicyclic) bond motifs is 1. The highest BCUT2D eigenvalue weighted by Crippen LogP contribution is 2.35. The third kappa shape index (κ3) is 3.22. The predicted molar refractivity (Wildman–Crippen MR) is 102 cm³/mol. The van der Waals surface area contributed by atoms with E-state index < -0.39 is 5.91 Å². The van der Waals surface area contributed by atoms with Crippen molar-refractivity contribution < 1.29 is 14.8 Å². The zero-order valence-electron chi connectivity index (χ0n) is 15.2. The Balaban J connectivity index is 1.35. The second kappa shape index (κ2) is 7.13. The molecule has 1 aromatic rings. The van der Waals surface area contributed by atoms with Gasteiger partial charge in [-0.05, 0) is 47.3 Å². The minimum absolute atomic E-state index is 0.156. The molecule has 0 saturated heterocycles. The van der Waals surface area contributed by atoms with E-state index in [0.29, 0.717) is 30.7 Å². The Labute approximate surface area is 158 Å². The third-order valence-corrected chi connectivity index (χ3v) is 5.65. The number of hydroxylamine groups is 1. The van der Waals surface area contributed by atoms with E-state index in [0.717, 1.165) is 42.8 Å². The van der Waals surface area contributed by atoms with Gasteiger partial charge in [-0.25, -0.2) is 5.48 Å². The summed E-state index contributed by atoms with van der Waals surface area (Å²) in [4.78, 5) is 28.6. The first-order valence-corrected chi connectivity index (χ1v) is 9.27. The second-order valence-corrected chi connectivity index (χ2v) is 7.18. The molecule has 1 aromatic carbocycles. The van der Waals surface area contributed by atoms with Crippen molar-refractivity contribution in [2.45, 2.75) is 19.3 Å². The number of amides is 2. The lowest BCUT2D eigenvalue weighted by molar-refractivity contribution is -0.125. The highest BCUT2D eigenvalue weighted by molar-refractivity contribution is 6.00. The van der Waals surface area contributed by atoms with E-state index in [1.54, 1.807) is 5.48 Å². The highest BCUT2D eigenvalue weighted by Gasteiger charge is 2.30. The van der Waals surface area contributed by atoms with Crippen molar-refractivity contribution in [3.8, 4) is 0 Å². The molecule has 2 amide bonds. The van der Waals surface area contributed by atoms with Gasteiger partial charge < -0.3 is 4.90 Å². The molecule has 3 aliphatic rings. The number of carbonyl (C=O) groups excluding carboxylic acids is 2. The van der Waals surface area contributed by atoms with Crippen molar-refractivity contribution in [1.82, 2.24) is 10.4 Å². The fourth-order valence-electron chi connectivity index (χ4n) is 4.15. The summed E-state index contributed by atoms with van der Waals surface area (Å²) in [5.74, 6) is -0.368. The van der Waals surface area contributed by atoms with Crippen LogP contribution >= 0.6 is 0 Å². The minimum atomic E-state index is -0.524. The lowest BCUT2D eigenvalue weighted by Crippen LogP contribution is -2.36. The first-order chi connectivity index (χ1) is 13.1. The second-order valence-electron chi connectivity index (χ2n) is 7.18. The molecule has 2 heterocycles. The fraction of sp³-hybridized carbons (Fsp3) is 0.333. The standard InChI is InChI=1S/C21H23N3O3/c1-14-17(21(26)22-27)12-16-6-9-23(13-18(14)16)10-8-20(25)24-11-7-15-4-2-3-5-19(15)24/h2-5,12,27H,1,6-11,13H2,(H,22,26). The van der Waals surface area contributed by atoms with E-state index in [4.69, 9.17) is 5.21 Å². The Morgan fingerprint density at radius 1 is 1.19 bits per heavy atom. The number of anilines is 1. The van der Waals surface area contributed by atoms with Crippen LogP contribution in [0.1, 0.15) is 18.4 Å². The van der Waals surface area contributed by atoms with Crippen LogP contribution in [0.15, 0.2) is 59.2 Å². The Kier molecular flexibility index (Phi) is 4.68. The molecule has 0 fully saturated rings. The van der Waals surface area contributed by atoms with Gasteiger partial charge in [-0.2, -0.15) is 0 Å². The number of nitrogens with zero attached hydrogens (tertiary/aromatic N) is 2. The third-order valence-electron chi connectivity index (χ3n) is 5.65. The van der Waals surface area contributed by atoms with E-state index in [1.165, 1.54) is 5.56 Å². The summed E-state index contributed by atoms with van der Waals surface area (Å²) in [6.45, 7) is 6.97. The van der Waals surface area contributed by atoms with Gasteiger partial charge in [-0.1, -0.05) is 24.8 Å². The quantitative estimate of drug-likeness (QED) is 0.632. The van der Waals surface area contributed by atoms with Crippen LogP contribution < -0.4 is 10.4 Å². The molecule has 27 heavy (non-hydrogen) atoms. The van der Waals surface area contributed by atoms with E-state index in [9.17, 15) is 9.59 Å². The fourth-order valence-corrected chi connectivity index (χ4v) is 4.15. The minimum Gasteiger partial charge on any atom is -0.312 e. The van der Waals surface area contributed by atoms with E-state index >= 15 is 0 Å². The predicted octanol–water partition coefficient (Wildman–Crippen LogP) is 1.97. The van der Waals surface area contributed by atoms with Gasteiger partial charge in [0, 0.05) is 43.9 Å². The first-order valence-electron chi connectivity index (χ1n) is 9.27. The van der Waals surface area contributed by atoms with Gasteiger partial charge in [0.25, 0.3) is 5.91 Å². The van der Waals surface area contributed by atoms with Crippen LogP contribution in [0.5, 0.6) is 0 Å². The van der Waals surface area contributed by atoms with Crippen LogP contribution in [-0.4, -0.2) is 48.1 Å². The number of nitrogens with one attached hydrogen (secondary N) is 1. The molecule has 0 atom stereocenters. The number of hydrogen-bond acceptors (Lipinski definition) is 4. The van der Waals surface area contributed by atoms with Crippen LogP contribution in [0.2, 0.25) is 0 Å². The van der Waals surface area contributed by atoms with Gasteiger partial charge in [0.1, 0.15) is 0 Å². The van der Waals surface area contributed by atoms with Crippen molar-refractivity contribution >= 4 is 17.5 Å². The maximum absolute atomic E-state index is 12.7. The van der Waals surface area contributed by atoms with Crippen molar-refractivity contribution in [3.05, 3.63) is 64.8 Å². The summed E-state index contributed by atoms with van der Waals surface area (Å²) in [7, 11) is 0. The summed E-state index contributed by atoms with van der Waals surface area (Å²) in [5.41, 5.74) is 7.20. The largest absolute Gasteiger partial charge is 0.312 e. The molecule has 4 rings (SSSR count). The van der Waals surface area contributed by atoms with Gasteiger partial charge in [-0.15, -0.1) is 0 Å². The number of rotatable bonds is 4. The molecule has 0 bridgehead atoms. The lowest BCUT2D eigenvalue weighted by atomic mass is 9.99. The Morgan fingerprint density at radius 2 is 2.00 bits per heavy atom. The normalized spacial score (nSPS) is 19.1. The molecule has 0 saturated carbocycles. The van der Waals surface area contributed by atoms with Crippen LogP contribution in [0.4, 0.5) is 5.69 Å². The SMILES string of the molecule is C=C1C(C(=O)NO)=CC2=C1CN(CCC(=O)N1CCc3ccccc31)CC2. The zero-order chi connectivity index (χ0) is 19.0. The van der Waals surface area contributed by atoms with Gasteiger partial charge in [-0.3, -0.25) is 19.7 Å². The topological polar surface area (TPSA) is 72.9 Å². The van der Waals surface area contributed by atoms with E-state index in [-0.39, 0.29) is 5.91 Å². The molecule has 0 unspecified atom stereocenters. The van der Waals surface area contributed by atoms with Crippen molar-refractivity contribution in [3.63, 3.8) is 0 Å².